The van der Waals surface area contributed by atoms with E-state index in [1.165, 1.54) is 18.1 Å². The van der Waals surface area contributed by atoms with Gasteiger partial charge in [0, 0.05) is 5.69 Å². The van der Waals surface area contributed by atoms with Gasteiger partial charge in [-0.15, -0.1) is 0 Å². The van der Waals surface area contributed by atoms with Crippen molar-refractivity contribution < 1.29 is 29.0 Å². The minimum absolute atomic E-state index is 0.0651. The van der Waals surface area contributed by atoms with Crippen LogP contribution < -0.4 is 9.64 Å². The van der Waals surface area contributed by atoms with Crippen LogP contribution in [0.1, 0.15) is 40.9 Å². The van der Waals surface area contributed by atoms with E-state index in [-0.39, 0.29) is 23.5 Å². The van der Waals surface area contributed by atoms with Crippen LogP contribution in [0.5, 0.6) is 5.75 Å². The van der Waals surface area contributed by atoms with Gasteiger partial charge in [0.05, 0.1) is 36.5 Å². The molecular formula is C28H25NO6. The molecule has 1 heterocycles. The number of para-hydroxylation sites is 1. The lowest BCUT2D eigenvalue weighted by Gasteiger charge is -2.26. The molecule has 0 aliphatic carbocycles. The molecule has 3 aromatic rings. The monoisotopic (exact) mass is 471 g/mol. The van der Waals surface area contributed by atoms with Crippen LogP contribution in [0.3, 0.4) is 0 Å². The van der Waals surface area contributed by atoms with Crippen molar-refractivity contribution in [1.29, 1.82) is 0 Å². The molecule has 1 aliphatic rings. The average molecular weight is 472 g/mol. The van der Waals surface area contributed by atoms with Gasteiger partial charge in [-0.3, -0.25) is 14.5 Å². The quantitative estimate of drug-likeness (QED) is 0.228. The molecule has 0 saturated carbocycles. The van der Waals surface area contributed by atoms with Gasteiger partial charge in [-0.25, -0.2) is 4.79 Å². The van der Waals surface area contributed by atoms with Crippen molar-refractivity contribution in [2.75, 3.05) is 18.6 Å². The molecule has 0 aromatic heterocycles. The normalized spacial score (nSPS) is 16.9. The summed E-state index contributed by atoms with van der Waals surface area (Å²) in [7, 11) is 1.46. The number of hydrogen-bond acceptors (Lipinski definition) is 6. The topological polar surface area (TPSA) is 93.1 Å². The van der Waals surface area contributed by atoms with E-state index in [1.54, 1.807) is 66.7 Å². The number of aliphatic hydroxyl groups is 1. The van der Waals surface area contributed by atoms with Crippen LogP contribution in [-0.4, -0.2) is 36.5 Å². The van der Waals surface area contributed by atoms with E-state index in [0.29, 0.717) is 29.0 Å². The number of aliphatic hydroxyl groups excluding tert-OH is 1. The third-order valence-electron chi connectivity index (χ3n) is 5.72. The zero-order valence-corrected chi connectivity index (χ0v) is 19.4. The zero-order chi connectivity index (χ0) is 24.9. The summed E-state index contributed by atoms with van der Waals surface area (Å²) in [5, 5.41) is 11.3. The fraction of sp³-hybridized carbons (Fsp3) is 0.179. The number of ether oxygens (including phenoxy) is 2. The molecule has 1 N–H and O–H groups in total. The molecule has 1 fully saturated rings. The lowest BCUT2D eigenvalue weighted by Crippen LogP contribution is -2.29. The maximum absolute atomic E-state index is 13.3. The number of esters is 1. The summed E-state index contributed by atoms with van der Waals surface area (Å²) in [4.78, 5) is 40.4. The molecule has 35 heavy (non-hydrogen) atoms. The number of carbonyl (C=O) groups excluding carboxylic acids is 3. The number of nitrogens with zero attached hydrogens (tertiary/aromatic N) is 1. The first kappa shape index (κ1) is 23.8. The van der Waals surface area contributed by atoms with Crippen molar-refractivity contribution in [3.63, 3.8) is 0 Å². The number of methoxy groups -OCH3 is 1. The number of hydrogen-bond donors (Lipinski definition) is 1. The first-order valence-corrected chi connectivity index (χ1v) is 11.2. The highest BCUT2D eigenvalue weighted by Gasteiger charge is 2.47. The van der Waals surface area contributed by atoms with Gasteiger partial charge < -0.3 is 14.6 Å². The van der Waals surface area contributed by atoms with E-state index in [4.69, 9.17) is 9.47 Å². The summed E-state index contributed by atoms with van der Waals surface area (Å²) in [5.41, 5.74) is 1.46. The zero-order valence-electron chi connectivity index (χ0n) is 19.4. The van der Waals surface area contributed by atoms with Crippen molar-refractivity contribution >= 4 is 29.1 Å². The summed E-state index contributed by atoms with van der Waals surface area (Å²) >= 11 is 0. The lowest BCUT2D eigenvalue weighted by molar-refractivity contribution is -0.132. The molecule has 1 saturated heterocycles. The smallest absolute Gasteiger partial charge is 0.338 e. The Labute approximate surface area is 203 Å². The SMILES string of the molecule is CCCOC(=O)c1cccc(N2C(=O)C(=O)/C(=C(/O)c3ccccc3OC)C2c2ccccc2)c1. The fourth-order valence-electron chi connectivity index (χ4n) is 4.10. The van der Waals surface area contributed by atoms with Crippen LogP contribution in [0.2, 0.25) is 0 Å². The number of anilines is 1. The van der Waals surface area contributed by atoms with Crippen LogP contribution in [0.25, 0.3) is 5.76 Å². The first-order valence-electron chi connectivity index (χ1n) is 11.2. The minimum atomic E-state index is -0.914. The average Bonchev–Trinajstić information content (AvgIpc) is 3.17. The molecular weight excluding hydrogens is 446 g/mol. The number of carbonyl (C=O) groups is 3. The number of amides is 1. The second-order valence-corrected chi connectivity index (χ2v) is 7.97. The summed E-state index contributed by atoms with van der Waals surface area (Å²) in [5.74, 6) is -2.13. The standard InChI is InChI=1S/C28H25NO6/c1-3-16-35-28(33)19-12-9-13-20(17-19)29-24(18-10-5-4-6-11-18)23(26(31)27(29)32)25(30)21-14-7-8-15-22(21)34-2/h4-15,17,24,30H,3,16H2,1-2H3/b25-23+. The summed E-state index contributed by atoms with van der Waals surface area (Å²) in [6.07, 6.45) is 0.678. The van der Waals surface area contributed by atoms with Crippen LogP contribution in [0, 0.1) is 0 Å². The van der Waals surface area contributed by atoms with Gasteiger partial charge in [-0.05, 0) is 42.3 Å². The highest BCUT2D eigenvalue weighted by molar-refractivity contribution is 6.51. The van der Waals surface area contributed by atoms with Gasteiger partial charge in [0.1, 0.15) is 11.5 Å². The first-order chi connectivity index (χ1) is 17.0. The molecule has 1 amide bonds. The third-order valence-corrected chi connectivity index (χ3v) is 5.72. The Morgan fingerprint density at radius 3 is 2.40 bits per heavy atom. The number of benzene rings is 3. The van der Waals surface area contributed by atoms with Crippen LogP contribution in [0.4, 0.5) is 5.69 Å². The molecule has 3 aromatic carbocycles. The Morgan fingerprint density at radius 2 is 1.69 bits per heavy atom. The molecule has 0 spiro atoms. The molecule has 1 unspecified atom stereocenters. The molecule has 1 aliphatic heterocycles. The predicted molar refractivity (Wildman–Crippen MR) is 131 cm³/mol. The maximum atomic E-state index is 13.3. The predicted octanol–water partition coefficient (Wildman–Crippen LogP) is 4.89. The Morgan fingerprint density at radius 1 is 0.971 bits per heavy atom. The van der Waals surface area contributed by atoms with E-state index in [1.807, 2.05) is 13.0 Å². The summed E-state index contributed by atoms with van der Waals surface area (Å²) in [6, 6.07) is 21.1. The highest BCUT2D eigenvalue weighted by Crippen LogP contribution is 2.43. The van der Waals surface area contributed by atoms with Crippen LogP contribution in [0.15, 0.2) is 84.4 Å². The van der Waals surface area contributed by atoms with E-state index in [2.05, 4.69) is 0 Å². The number of Topliss-reactive ketones (excluding diaryl/α,β-unsaturated/α-hetero) is 1. The molecule has 4 rings (SSSR count). The van der Waals surface area contributed by atoms with E-state index < -0.39 is 23.7 Å². The molecule has 1 atom stereocenters. The van der Waals surface area contributed by atoms with Crippen LogP contribution in [-0.2, 0) is 14.3 Å². The van der Waals surface area contributed by atoms with Gasteiger partial charge in [0.2, 0.25) is 0 Å². The van der Waals surface area contributed by atoms with Crippen molar-refractivity contribution in [1.82, 2.24) is 0 Å². The Kier molecular flexibility index (Phi) is 6.96. The molecule has 7 heteroatoms. The highest BCUT2D eigenvalue weighted by atomic mass is 16.5. The largest absolute Gasteiger partial charge is 0.507 e. The van der Waals surface area contributed by atoms with E-state index >= 15 is 0 Å². The Bertz CT molecular complexity index is 1300. The van der Waals surface area contributed by atoms with Crippen molar-refractivity contribution in [2.24, 2.45) is 0 Å². The number of ketones is 1. The summed E-state index contributed by atoms with van der Waals surface area (Å²) in [6.45, 7) is 2.17. The van der Waals surface area contributed by atoms with Gasteiger partial charge in [0.25, 0.3) is 11.7 Å². The van der Waals surface area contributed by atoms with Gasteiger partial charge in [0.15, 0.2) is 0 Å². The minimum Gasteiger partial charge on any atom is -0.507 e. The molecule has 178 valence electrons. The second-order valence-electron chi connectivity index (χ2n) is 7.97. The second kappa shape index (κ2) is 10.3. The van der Waals surface area contributed by atoms with E-state index in [0.717, 1.165) is 0 Å². The number of rotatable bonds is 7. The maximum Gasteiger partial charge on any atom is 0.338 e. The third kappa shape index (κ3) is 4.53. The van der Waals surface area contributed by atoms with Crippen molar-refractivity contribution in [3.8, 4) is 5.75 Å². The fourth-order valence-corrected chi connectivity index (χ4v) is 4.10. The Hall–Kier alpha value is -4.39. The van der Waals surface area contributed by atoms with Gasteiger partial charge in [-0.1, -0.05) is 55.5 Å². The van der Waals surface area contributed by atoms with Crippen molar-refractivity contribution in [2.45, 2.75) is 19.4 Å². The van der Waals surface area contributed by atoms with E-state index in [9.17, 15) is 19.5 Å². The lowest BCUT2D eigenvalue weighted by atomic mass is 9.95. The van der Waals surface area contributed by atoms with Gasteiger partial charge in [-0.2, -0.15) is 0 Å². The molecule has 7 nitrogen and oxygen atoms in total. The molecule has 0 radical (unpaired) electrons. The van der Waals surface area contributed by atoms with Crippen molar-refractivity contribution in [3.05, 3.63) is 101 Å². The Balaban J connectivity index is 1.88. The van der Waals surface area contributed by atoms with Crippen LogP contribution >= 0.6 is 0 Å². The molecule has 0 bridgehead atoms. The summed E-state index contributed by atoms with van der Waals surface area (Å²) < 4.78 is 10.6. The van der Waals surface area contributed by atoms with Gasteiger partial charge >= 0.3 is 5.97 Å².